The van der Waals surface area contributed by atoms with Crippen molar-refractivity contribution >= 4 is 5.78 Å². The average Bonchev–Trinajstić information content (AvgIpc) is 3.19. The summed E-state index contributed by atoms with van der Waals surface area (Å²) in [5, 5.41) is 0. The SMILES string of the molecule is Cc1cccc(C(=O)[C@@H]2O[C@@H]2c2ccccc2)c1. The summed E-state index contributed by atoms with van der Waals surface area (Å²) in [5.41, 5.74) is 2.90. The second kappa shape index (κ2) is 4.39. The van der Waals surface area contributed by atoms with E-state index in [1.807, 2.05) is 61.5 Å². The molecule has 0 aromatic heterocycles. The Morgan fingerprint density at radius 3 is 2.56 bits per heavy atom. The van der Waals surface area contributed by atoms with Crippen molar-refractivity contribution in [3.8, 4) is 0 Å². The lowest BCUT2D eigenvalue weighted by Gasteiger charge is -1.99. The zero-order valence-electron chi connectivity index (χ0n) is 10.2. The van der Waals surface area contributed by atoms with Gasteiger partial charge in [0.2, 0.25) is 0 Å². The van der Waals surface area contributed by atoms with E-state index < -0.39 is 0 Å². The lowest BCUT2D eigenvalue weighted by atomic mass is 10.0. The molecule has 0 N–H and O–H groups in total. The molecule has 2 aromatic rings. The summed E-state index contributed by atoms with van der Waals surface area (Å²) >= 11 is 0. The number of ketones is 1. The van der Waals surface area contributed by atoms with Gasteiger partial charge in [-0.1, -0.05) is 54.1 Å². The highest BCUT2D eigenvalue weighted by Gasteiger charge is 2.45. The fourth-order valence-corrected chi connectivity index (χ4v) is 2.17. The first kappa shape index (κ1) is 11.2. The molecule has 1 aliphatic rings. The monoisotopic (exact) mass is 238 g/mol. The number of hydrogen-bond acceptors (Lipinski definition) is 2. The van der Waals surface area contributed by atoms with Gasteiger partial charge in [-0.15, -0.1) is 0 Å². The predicted octanol–water partition coefficient (Wildman–Crippen LogP) is 3.32. The van der Waals surface area contributed by atoms with Crippen molar-refractivity contribution < 1.29 is 9.53 Å². The number of aryl methyl sites for hydroxylation is 1. The molecule has 90 valence electrons. The first-order valence-corrected chi connectivity index (χ1v) is 6.07. The van der Waals surface area contributed by atoms with Gasteiger partial charge < -0.3 is 4.74 Å². The van der Waals surface area contributed by atoms with Crippen LogP contribution in [0, 0.1) is 6.92 Å². The summed E-state index contributed by atoms with van der Waals surface area (Å²) in [6, 6.07) is 17.5. The van der Waals surface area contributed by atoms with Crippen LogP contribution in [0.1, 0.15) is 27.6 Å². The van der Waals surface area contributed by atoms with Gasteiger partial charge in [0.1, 0.15) is 6.10 Å². The third-order valence-corrected chi connectivity index (χ3v) is 3.18. The van der Waals surface area contributed by atoms with Gasteiger partial charge in [0.25, 0.3) is 0 Å². The minimum Gasteiger partial charge on any atom is -0.356 e. The first-order chi connectivity index (χ1) is 8.75. The molecular formula is C16H14O2. The number of epoxide rings is 1. The summed E-state index contributed by atoms with van der Waals surface area (Å²) in [5.74, 6) is 0.0764. The Hall–Kier alpha value is -1.93. The predicted molar refractivity (Wildman–Crippen MR) is 69.6 cm³/mol. The van der Waals surface area contributed by atoms with Crippen LogP contribution in [0.15, 0.2) is 54.6 Å². The molecule has 1 saturated heterocycles. The molecule has 2 aromatic carbocycles. The van der Waals surface area contributed by atoms with E-state index in [0.29, 0.717) is 0 Å². The van der Waals surface area contributed by atoms with Crippen molar-refractivity contribution in [2.45, 2.75) is 19.1 Å². The van der Waals surface area contributed by atoms with Crippen LogP contribution in [-0.2, 0) is 4.74 Å². The molecule has 1 fully saturated rings. The van der Waals surface area contributed by atoms with E-state index in [1.165, 1.54) is 0 Å². The van der Waals surface area contributed by atoms with Gasteiger partial charge in [-0.2, -0.15) is 0 Å². The molecule has 0 saturated carbocycles. The van der Waals surface area contributed by atoms with Gasteiger partial charge in [0.15, 0.2) is 11.9 Å². The van der Waals surface area contributed by atoms with Crippen molar-refractivity contribution in [2.75, 3.05) is 0 Å². The number of carbonyl (C=O) groups excluding carboxylic acids is 1. The average molecular weight is 238 g/mol. The zero-order valence-corrected chi connectivity index (χ0v) is 10.2. The summed E-state index contributed by atoms with van der Waals surface area (Å²) in [7, 11) is 0. The maximum Gasteiger partial charge on any atom is 0.194 e. The molecular weight excluding hydrogens is 224 g/mol. The lowest BCUT2D eigenvalue weighted by Crippen LogP contribution is -2.08. The van der Waals surface area contributed by atoms with E-state index in [9.17, 15) is 4.79 Å². The van der Waals surface area contributed by atoms with E-state index >= 15 is 0 Å². The Morgan fingerprint density at radius 1 is 1.06 bits per heavy atom. The van der Waals surface area contributed by atoms with Gasteiger partial charge in [-0.05, 0) is 18.6 Å². The molecule has 1 aliphatic heterocycles. The van der Waals surface area contributed by atoms with E-state index in [-0.39, 0.29) is 18.0 Å². The van der Waals surface area contributed by atoms with E-state index in [2.05, 4.69) is 0 Å². The molecule has 0 unspecified atom stereocenters. The number of carbonyl (C=O) groups is 1. The highest BCUT2D eigenvalue weighted by molar-refractivity contribution is 6.01. The Balaban J connectivity index is 1.77. The number of Topliss-reactive ketones (excluding diaryl/α,β-unsaturated/α-hetero) is 1. The van der Waals surface area contributed by atoms with Crippen LogP contribution in [0.25, 0.3) is 0 Å². The molecule has 2 nitrogen and oxygen atoms in total. The fourth-order valence-electron chi connectivity index (χ4n) is 2.17. The zero-order chi connectivity index (χ0) is 12.5. The lowest BCUT2D eigenvalue weighted by molar-refractivity contribution is 0.0953. The van der Waals surface area contributed by atoms with Gasteiger partial charge in [0.05, 0.1) is 0 Å². The molecule has 1 heterocycles. The summed E-state index contributed by atoms with van der Waals surface area (Å²) in [6.45, 7) is 1.99. The molecule has 0 radical (unpaired) electrons. The Bertz CT molecular complexity index is 575. The summed E-state index contributed by atoms with van der Waals surface area (Å²) in [6.07, 6.45) is -0.381. The highest BCUT2D eigenvalue weighted by atomic mass is 16.6. The van der Waals surface area contributed by atoms with Crippen molar-refractivity contribution in [3.05, 3.63) is 71.3 Å². The molecule has 2 heteroatoms. The Kier molecular flexibility index (Phi) is 2.73. The second-order valence-electron chi connectivity index (χ2n) is 4.62. The molecule has 0 amide bonds. The fraction of sp³-hybridized carbons (Fsp3) is 0.188. The molecule has 2 atom stereocenters. The maximum atomic E-state index is 12.2. The third kappa shape index (κ3) is 2.07. The topological polar surface area (TPSA) is 29.6 Å². The summed E-state index contributed by atoms with van der Waals surface area (Å²) < 4.78 is 5.51. The van der Waals surface area contributed by atoms with Crippen LogP contribution in [0.2, 0.25) is 0 Å². The number of hydrogen-bond donors (Lipinski definition) is 0. The molecule has 0 aliphatic carbocycles. The third-order valence-electron chi connectivity index (χ3n) is 3.18. The highest BCUT2D eigenvalue weighted by Crippen LogP contribution is 2.40. The van der Waals surface area contributed by atoms with Crippen molar-refractivity contribution in [1.82, 2.24) is 0 Å². The smallest absolute Gasteiger partial charge is 0.194 e. The Labute approximate surface area is 106 Å². The van der Waals surface area contributed by atoms with E-state index in [0.717, 1.165) is 16.7 Å². The van der Waals surface area contributed by atoms with Crippen molar-refractivity contribution in [1.29, 1.82) is 0 Å². The Morgan fingerprint density at radius 2 is 1.83 bits per heavy atom. The van der Waals surface area contributed by atoms with E-state index in [4.69, 9.17) is 4.74 Å². The number of ether oxygens (including phenoxy) is 1. The molecule has 0 bridgehead atoms. The van der Waals surface area contributed by atoms with Crippen LogP contribution in [0.5, 0.6) is 0 Å². The largest absolute Gasteiger partial charge is 0.356 e. The van der Waals surface area contributed by atoms with Crippen molar-refractivity contribution in [3.63, 3.8) is 0 Å². The minimum absolute atomic E-state index is 0.0702. The standard InChI is InChI=1S/C16H14O2/c1-11-6-5-9-13(10-11)14(17)16-15(18-16)12-7-3-2-4-8-12/h2-10,15-16H,1H3/t15-,16+/m1/s1. The quantitative estimate of drug-likeness (QED) is 0.606. The second-order valence-corrected chi connectivity index (χ2v) is 4.62. The molecule has 18 heavy (non-hydrogen) atoms. The van der Waals surface area contributed by atoms with Crippen LogP contribution >= 0.6 is 0 Å². The van der Waals surface area contributed by atoms with Gasteiger partial charge in [-0.25, -0.2) is 0 Å². The van der Waals surface area contributed by atoms with Crippen LogP contribution in [-0.4, -0.2) is 11.9 Å². The summed E-state index contributed by atoms with van der Waals surface area (Å²) in [4.78, 5) is 12.2. The van der Waals surface area contributed by atoms with Crippen LogP contribution in [0.4, 0.5) is 0 Å². The first-order valence-electron chi connectivity index (χ1n) is 6.07. The minimum atomic E-state index is -0.311. The van der Waals surface area contributed by atoms with E-state index in [1.54, 1.807) is 0 Å². The van der Waals surface area contributed by atoms with Crippen LogP contribution in [0.3, 0.4) is 0 Å². The molecule has 0 spiro atoms. The number of benzene rings is 2. The van der Waals surface area contributed by atoms with Gasteiger partial charge in [0, 0.05) is 5.56 Å². The van der Waals surface area contributed by atoms with Crippen LogP contribution < -0.4 is 0 Å². The normalized spacial score (nSPS) is 21.6. The van der Waals surface area contributed by atoms with Crippen molar-refractivity contribution in [2.24, 2.45) is 0 Å². The van der Waals surface area contributed by atoms with Gasteiger partial charge >= 0.3 is 0 Å². The maximum absolute atomic E-state index is 12.2. The number of rotatable bonds is 3. The van der Waals surface area contributed by atoms with Gasteiger partial charge in [-0.3, -0.25) is 4.79 Å². The molecule has 3 rings (SSSR count).